The Balaban J connectivity index is 2.34. The van der Waals surface area contributed by atoms with Crippen molar-refractivity contribution in [2.24, 2.45) is 0 Å². The van der Waals surface area contributed by atoms with Gasteiger partial charge in [-0.25, -0.2) is 8.42 Å². The molecule has 0 saturated carbocycles. The number of hydrogen-bond donors (Lipinski definition) is 0. The zero-order chi connectivity index (χ0) is 17.3. The van der Waals surface area contributed by atoms with Gasteiger partial charge >= 0.3 is 6.18 Å². The number of hydrogen-bond acceptors (Lipinski definition) is 4. The first-order valence-corrected chi connectivity index (χ1v) is 8.31. The van der Waals surface area contributed by atoms with Gasteiger partial charge in [-0.05, 0) is 30.7 Å². The number of rotatable bonds is 5. The fraction of sp³-hybridized carbons (Fsp3) is 0.500. The molecule has 0 saturated heterocycles. The number of nitriles is 1. The number of alkyl halides is 3. The molecule has 0 spiro atoms. The summed E-state index contributed by atoms with van der Waals surface area (Å²) in [5.74, 6) is 0.538. The molecule has 0 N–H and O–H groups in total. The van der Waals surface area contributed by atoms with Crippen LogP contribution in [0.15, 0.2) is 23.1 Å². The van der Waals surface area contributed by atoms with Crippen molar-refractivity contribution in [1.29, 1.82) is 5.26 Å². The van der Waals surface area contributed by atoms with Crippen LogP contribution in [0, 0.1) is 11.3 Å². The van der Waals surface area contributed by atoms with Crippen LogP contribution in [0.4, 0.5) is 13.2 Å². The first kappa shape index (κ1) is 17.6. The monoisotopic (exact) mass is 348 g/mol. The summed E-state index contributed by atoms with van der Waals surface area (Å²) in [6, 6.07) is 5.67. The lowest BCUT2D eigenvalue weighted by Crippen LogP contribution is -2.39. The van der Waals surface area contributed by atoms with Crippen LogP contribution in [0.2, 0.25) is 0 Å². The summed E-state index contributed by atoms with van der Waals surface area (Å²) in [7, 11) is -4.34. The van der Waals surface area contributed by atoms with Crippen molar-refractivity contribution < 1.29 is 26.3 Å². The molecular formula is C14H15F3N2O3S. The van der Waals surface area contributed by atoms with Crippen molar-refractivity contribution in [1.82, 2.24) is 4.31 Å². The molecule has 0 aliphatic carbocycles. The Morgan fingerprint density at radius 3 is 2.74 bits per heavy atom. The smallest absolute Gasteiger partial charge is 0.402 e. The molecule has 126 valence electrons. The van der Waals surface area contributed by atoms with Crippen molar-refractivity contribution in [2.45, 2.75) is 36.9 Å². The van der Waals surface area contributed by atoms with Crippen LogP contribution >= 0.6 is 0 Å². The van der Waals surface area contributed by atoms with Crippen LogP contribution in [-0.2, 0) is 16.4 Å². The number of nitrogens with zero attached hydrogens (tertiary/aromatic N) is 2. The minimum absolute atomic E-state index is 0.104. The lowest BCUT2D eigenvalue weighted by molar-refractivity contribution is -0.136. The number of fused-ring (bicyclic) bond motifs is 1. The Morgan fingerprint density at radius 1 is 1.43 bits per heavy atom. The second-order valence-corrected chi connectivity index (χ2v) is 7.20. The molecule has 1 heterocycles. The maximum Gasteiger partial charge on any atom is 0.402 e. The van der Waals surface area contributed by atoms with E-state index in [1.54, 1.807) is 6.07 Å². The van der Waals surface area contributed by atoms with Gasteiger partial charge in [-0.2, -0.15) is 22.7 Å². The molecule has 1 atom stereocenters. The summed E-state index contributed by atoms with van der Waals surface area (Å²) >= 11 is 0. The zero-order valence-electron chi connectivity index (χ0n) is 12.3. The highest BCUT2D eigenvalue weighted by atomic mass is 32.2. The zero-order valence-corrected chi connectivity index (χ0v) is 13.1. The largest absolute Gasteiger partial charge is 0.490 e. The van der Waals surface area contributed by atoms with Crippen LogP contribution < -0.4 is 4.74 Å². The predicted molar refractivity (Wildman–Crippen MR) is 75.3 cm³/mol. The Bertz CT molecular complexity index is 726. The first-order valence-electron chi connectivity index (χ1n) is 6.87. The summed E-state index contributed by atoms with van der Waals surface area (Å²) in [6.07, 6.45) is -4.61. The van der Waals surface area contributed by atoms with E-state index in [9.17, 15) is 21.6 Å². The summed E-state index contributed by atoms with van der Waals surface area (Å²) < 4.78 is 68.6. The minimum Gasteiger partial charge on any atom is -0.490 e. The predicted octanol–water partition coefficient (Wildman–Crippen LogP) is 2.48. The summed E-state index contributed by atoms with van der Waals surface area (Å²) in [4.78, 5) is -0.226. The Hall–Kier alpha value is -1.79. The van der Waals surface area contributed by atoms with E-state index >= 15 is 0 Å². The molecule has 1 aromatic carbocycles. The van der Waals surface area contributed by atoms with Gasteiger partial charge < -0.3 is 4.74 Å². The highest BCUT2D eigenvalue weighted by molar-refractivity contribution is 7.89. The van der Waals surface area contributed by atoms with E-state index in [-0.39, 0.29) is 21.7 Å². The highest BCUT2D eigenvalue weighted by Gasteiger charge is 2.37. The summed E-state index contributed by atoms with van der Waals surface area (Å²) in [5.41, 5.74) is 0.644. The molecule has 9 heteroatoms. The molecule has 1 aliphatic heterocycles. The summed E-state index contributed by atoms with van der Waals surface area (Å²) in [5, 5.41) is 8.54. The van der Waals surface area contributed by atoms with Gasteiger partial charge in [0.05, 0.1) is 11.0 Å². The lowest BCUT2D eigenvalue weighted by atomic mass is 10.1. The molecule has 0 bridgehead atoms. The van der Waals surface area contributed by atoms with E-state index in [2.05, 4.69) is 0 Å². The second-order valence-electron chi connectivity index (χ2n) is 5.26. The van der Waals surface area contributed by atoms with Crippen molar-refractivity contribution >= 4 is 10.0 Å². The first-order chi connectivity index (χ1) is 10.6. The van der Waals surface area contributed by atoms with Crippen LogP contribution in [0.3, 0.4) is 0 Å². The van der Waals surface area contributed by atoms with Crippen LogP contribution in [0.5, 0.6) is 5.75 Å². The van der Waals surface area contributed by atoms with E-state index in [0.717, 1.165) is 0 Å². The van der Waals surface area contributed by atoms with E-state index in [0.29, 0.717) is 17.7 Å². The van der Waals surface area contributed by atoms with Gasteiger partial charge in [0.25, 0.3) is 0 Å². The topological polar surface area (TPSA) is 70.4 Å². The van der Waals surface area contributed by atoms with E-state index in [1.807, 2.05) is 6.92 Å². The molecule has 0 fully saturated rings. The quantitative estimate of drug-likeness (QED) is 0.820. The van der Waals surface area contributed by atoms with Crippen LogP contribution in [-0.4, -0.2) is 38.1 Å². The third kappa shape index (κ3) is 4.14. The van der Waals surface area contributed by atoms with Crippen molar-refractivity contribution in [3.8, 4) is 11.8 Å². The van der Waals surface area contributed by atoms with Gasteiger partial charge in [0.2, 0.25) is 10.0 Å². The summed E-state index contributed by atoms with van der Waals surface area (Å²) in [6.45, 7) is -0.319. The number of sulfonamides is 1. The van der Waals surface area contributed by atoms with Gasteiger partial charge in [0.1, 0.15) is 18.4 Å². The Morgan fingerprint density at radius 2 is 2.13 bits per heavy atom. The maximum absolute atomic E-state index is 12.6. The standard InChI is InChI=1S/C14H15F3N2O3S/c1-10-7-11-8-12(3-4-13(11)22-10)23(20,21)19(6-2-5-18)9-14(15,16)17/h3-4,8,10H,2,6-7,9H2,1H3/t10-/m1/s1. The second kappa shape index (κ2) is 6.37. The number of ether oxygens (including phenoxy) is 1. The van der Waals surface area contributed by atoms with Crippen molar-refractivity contribution in [3.63, 3.8) is 0 Å². The number of halogens is 3. The molecule has 23 heavy (non-hydrogen) atoms. The molecule has 2 rings (SSSR count). The minimum atomic E-state index is -4.68. The van der Waals surface area contributed by atoms with E-state index in [4.69, 9.17) is 10.00 Å². The molecular weight excluding hydrogens is 333 g/mol. The average molecular weight is 348 g/mol. The Kier molecular flexibility index (Phi) is 4.87. The van der Waals surface area contributed by atoms with Crippen molar-refractivity contribution in [2.75, 3.05) is 13.1 Å². The van der Waals surface area contributed by atoms with E-state index in [1.165, 1.54) is 18.2 Å². The van der Waals surface area contributed by atoms with E-state index < -0.39 is 29.3 Å². The third-order valence-electron chi connectivity index (χ3n) is 3.33. The lowest BCUT2D eigenvalue weighted by Gasteiger charge is -2.22. The SMILES string of the molecule is C[C@@H]1Cc2cc(S(=O)(=O)N(CCC#N)CC(F)(F)F)ccc2O1. The molecule has 1 aliphatic rings. The molecule has 1 aromatic rings. The molecule has 5 nitrogen and oxygen atoms in total. The van der Waals surface area contributed by atoms with Crippen LogP contribution in [0.1, 0.15) is 18.9 Å². The van der Waals surface area contributed by atoms with Gasteiger partial charge in [-0.1, -0.05) is 0 Å². The average Bonchev–Trinajstić information content (AvgIpc) is 2.81. The molecule has 0 unspecified atom stereocenters. The van der Waals surface area contributed by atoms with Crippen molar-refractivity contribution in [3.05, 3.63) is 23.8 Å². The fourth-order valence-corrected chi connectivity index (χ4v) is 3.84. The Labute approximate surface area is 132 Å². The fourth-order valence-electron chi connectivity index (χ4n) is 2.37. The van der Waals surface area contributed by atoms with Gasteiger partial charge in [-0.15, -0.1) is 0 Å². The highest BCUT2D eigenvalue weighted by Crippen LogP contribution is 2.32. The molecule has 0 amide bonds. The van der Waals surface area contributed by atoms with Gasteiger partial charge in [-0.3, -0.25) is 0 Å². The molecule has 0 radical (unpaired) electrons. The van der Waals surface area contributed by atoms with Gasteiger partial charge in [0.15, 0.2) is 0 Å². The normalized spacial score (nSPS) is 17.7. The van der Waals surface area contributed by atoms with Crippen LogP contribution in [0.25, 0.3) is 0 Å². The third-order valence-corrected chi connectivity index (χ3v) is 5.18. The van der Waals surface area contributed by atoms with Gasteiger partial charge in [0, 0.05) is 19.4 Å². The maximum atomic E-state index is 12.6. The molecule has 0 aromatic heterocycles. The number of benzene rings is 1.